The Kier molecular flexibility index (Phi) is 5.17. The molecule has 3 aliphatic carbocycles. The van der Waals surface area contributed by atoms with Crippen LogP contribution in [0.15, 0.2) is 54.8 Å². The van der Waals surface area contributed by atoms with Crippen LogP contribution in [0.4, 0.5) is 0 Å². The molecule has 0 N–H and O–H groups in total. The molecule has 24 heavy (non-hydrogen) atoms. The van der Waals surface area contributed by atoms with Gasteiger partial charge in [0.25, 0.3) is 0 Å². The minimum Gasteiger partial charge on any atom is -0.497 e. The van der Waals surface area contributed by atoms with Gasteiger partial charge in [0.2, 0.25) is 0 Å². The highest BCUT2D eigenvalue weighted by atomic mass is 16.5. The standard InChI is InChI=1S/C20H24O4/c1-3-11-23-14-17-19(21)16-9-10-20(17,22-2)12-18(16)24-13-15-7-5-4-6-8-15/h3-8,14,16,18H,1,9-13H2,2H3/b17-14+/t16-,18+,20-/m1/s1. The Bertz CT molecular complexity index is 622. The molecule has 3 saturated carbocycles. The lowest BCUT2D eigenvalue weighted by molar-refractivity contribution is -0.155. The number of carbonyl (C=O) groups excluding carboxylic acids is 1. The van der Waals surface area contributed by atoms with Crippen LogP contribution in [-0.2, 0) is 25.6 Å². The second kappa shape index (κ2) is 7.32. The fraction of sp³-hybridized carbons (Fsp3) is 0.450. The van der Waals surface area contributed by atoms with Gasteiger partial charge in [0, 0.05) is 19.4 Å². The largest absolute Gasteiger partial charge is 0.497 e. The zero-order chi connectivity index (χ0) is 17.0. The lowest BCUT2D eigenvalue weighted by Crippen LogP contribution is -2.56. The zero-order valence-electron chi connectivity index (χ0n) is 14.1. The molecular formula is C20H24O4. The van der Waals surface area contributed by atoms with Gasteiger partial charge in [0.1, 0.15) is 12.2 Å². The van der Waals surface area contributed by atoms with Crippen LogP contribution in [-0.4, -0.2) is 31.2 Å². The summed E-state index contributed by atoms with van der Waals surface area (Å²) in [6.45, 7) is 4.52. The molecule has 0 aliphatic heterocycles. The van der Waals surface area contributed by atoms with E-state index in [1.54, 1.807) is 19.4 Å². The average molecular weight is 328 g/mol. The predicted octanol–water partition coefficient (Wildman–Crippen LogP) is 3.43. The van der Waals surface area contributed by atoms with Crippen molar-refractivity contribution < 1.29 is 19.0 Å². The number of ketones is 1. The Labute approximate surface area is 143 Å². The second-order valence-electron chi connectivity index (χ2n) is 6.40. The minimum absolute atomic E-state index is 0.0940. The van der Waals surface area contributed by atoms with Gasteiger partial charge in [-0.05, 0) is 18.4 Å². The molecule has 3 fully saturated rings. The number of Topliss-reactive ketones (excluding diaryl/α,β-unsaturated/α-hetero) is 1. The van der Waals surface area contributed by atoms with Crippen LogP contribution in [0.5, 0.6) is 0 Å². The SMILES string of the molecule is C=CCO/C=C1\C(=O)[C@@H]2CC[C@@]1(OC)C[C@@H]2OCc1ccccc1. The molecule has 0 heterocycles. The molecule has 0 saturated heterocycles. The summed E-state index contributed by atoms with van der Waals surface area (Å²) in [6.07, 6.45) is 5.43. The van der Waals surface area contributed by atoms with Gasteiger partial charge in [-0.25, -0.2) is 0 Å². The van der Waals surface area contributed by atoms with Gasteiger partial charge >= 0.3 is 0 Å². The van der Waals surface area contributed by atoms with E-state index in [4.69, 9.17) is 14.2 Å². The molecular weight excluding hydrogens is 304 g/mol. The highest BCUT2D eigenvalue weighted by Gasteiger charge is 2.55. The van der Waals surface area contributed by atoms with E-state index in [9.17, 15) is 4.79 Å². The fourth-order valence-electron chi connectivity index (χ4n) is 3.73. The smallest absolute Gasteiger partial charge is 0.170 e. The van der Waals surface area contributed by atoms with E-state index in [1.165, 1.54) is 0 Å². The van der Waals surface area contributed by atoms with E-state index in [-0.39, 0.29) is 17.8 Å². The van der Waals surface area contributed by atoms with Crippen molar-refractivity contribution in [1.29, 1.82) is 0 Å². The summed E-state index contributed by atoms with van der Waals surface area (Å²) in [4.78, 5) is 12.8. The first kappa shape index (κ1) is 16.9. The summed E-state index contributed by atoms with van der Waals surface area (Å²) < 4.78 is 17.3. The molecule has 0 spiro atoms. The monoisotopic (exact) mass is 328 g/mol. The Morgan fingerprint density at radius 1 is 1.33 bits per heavy atom. The molecule has 0 radical (unpaired) electrons. The molecule has 2 bridgehead atoms. The molecule has 1 aromatic carbocycles. The quantitative estimate of drug-likeness (QED) is 0.333. The summed E-state index contributed by atoms with van der Waals surface area (Å²) in [5.74, 6) is -0.0132. The fourth-order valence-corrected chi connectivity index (χ4v) is 3.73. The van der Waals surface area contributed by atoms with Gasteiger partial charge < -0.3 is 14.2 Å². The maximum Gasteiger partial charge on any atom is 0.170 e. The number of ether oxygens (including phenoxy) is 3. The Morgan fingerprint density at radius 2 is 2.12 bits per heavy atom. The van der Waals surface area contributed by atoms with Crippen LogP contribution in [0, 0.1) is 5.92 Å². The summed E-state index contributed by atoms with van der Waals surface area (Å²) in [5, 5.41) is 0. The Balaban J connectivity index is 1.74. The summed E-state index contributed by atoms with van der Waals surface area (Å²) in [6, 6.07) is 10.0. The van der Waals surface area contributed by atoms with Crippen LogP contribution < -0.4 is 0 Å². The highest BCUT2D eigenvalue weighted by molar-refractivity contribution is 6.01. The van der Waals surface area contributed by atoms with Gasteiger partial charge in [-0.1, -0.05) is 43.0 Å². The van der Waals surface area contributed by atoms with Gasteiger partial charge in [0.05, 0.1) is 24.5 Å². The van der Waals surface area contributed by atoms with E-state index in [0.29, 0.717) is 25.2 Å². The van der Waals surface area contributed by atoms with E-state index < -0.39 is 5.60 Å². The molecule has 4 heteroatoms. The third-order valence-electron chi connectivity index (χ3n) is 5.04. The Hall–Kier alpha value is -1.91. The first-order chi connectivity index (χ1) is 11.7. The summed E-state index contributed by atoms with van der Waals surface area (Å²) in [5.41, 5.74) is 1.17. The topological polar surface area (TPSA) is 44.8 Å². The molecule has 0 aromatic heterocycles. The molecule has 128 valence electrons. The number of rotatable bonds is 7. The van der Waals surface area contributed by atoms with Crippen LogP contribution in [0.3, 0.4) is 0 Å². The van der Waals surface area contributed by atoms with E-state index in [1.807, 2.05) is 30.3 Å². The van der Waals surface area contributed by atoms with E-state index in [0.717, 1.165) is 18.4 Å². The third kappa shape index (κ3) is 3.17. The molecule has 3 aliphatic rings. The first-order valence-electron chi connectivity index (χ1n) is 8.38. The maximum atomic E-state index is 12.8. The highest BCUT2D eigenvalue weighted by Crippen LogP contribution is 2.48. The van der Waals surface area contributed by atoms with Crippen molar-refractivity contribution in [2.24, 2.45) is 5.92 Å². The Morgan fingerprint density at radius 3 is 2.83 bits per heavy atom. The van der Waals surface area contributed by atoms with Crippen molar-refractivity contribution in [2.45, 2.75) is 37.6 Å². The van der Waals surface area contributed by atoms with Crippen molar-refractivity contribution >= 4 is 5.78 Å². The van der Waals surface area contributed by atoms with Gasteiger partial charge in [-0.15, -0.1) is 0 Å². The number of hydrogen-bond acceptors (Lipinski definition) is 4. The lowest BCUT2D eigenvalue weighted by Gasteiger charge is -2.49. The molecule has 1 aromatic rings. The van der Waals surface area contributed by atoms with Gasteiger partial charge in [-0.3, -0.25) is 4.79 Å². The maximum absolute atomic E-state index is 12.8. The van der Waals surface area contributed by atoms with Crippen molar-refractivity contribution in [3.8, 4) is 0 Å². The molecule has 0 unspecified atom stereocenters. The van der Waals surface area contributed by atoms with Gasteiger partial charge in [-0.2, -0.15) is 0 Å². The predicted molar refractivity (Wildman–Crippen MR) is 91.3 cm³/mol. The lowest BCUT2D eigenvalue weighted by atomic mass is 9.62. The zero-order valence-corrected chi connectivity index (χ0v) is 14.1. The number of hydrogen-bond donors (Lipinski definition) is 0. The van der Waals surface area contributed by atoms with Crippen LogP contribution in [0.25, 0.3) is 0 Å². The number of benzene rings is 1. The average Bonchev–Trinajstić information content (AvgIpc) is 2.63. The number of fused-ring (bicyclic) bond motifs is 3. The van der Waals surface area contributed by atoms with Crippen molar-refractivity contribution in [3.63, 3.8) is 0 Å². The normalized spacial score (nSPS) is 30.5. The number of carbonyl (C=O) groups is 1. The van der Waals surface area contributed by atoms with E-state index >= 15 is 0 Å². The third-order valence-corrected chi connectivity index (χ3v) is 5.04. The summed E-state index contributed by atoms with van der Waals surface area (Å²) >= 11 is 0. The molecule has 4 rings (SSSR count). The molecule has 3 atom stereocenters. The second-order valence-corrected chi connectivity index (χ2v) is 6.40. The van der Waals surface area contributed by atoms with Crippen molar-refractivity contribution in [3.05, 3.63) is 60.4 Å². The first-order valence-corrected chi connectivity index (χ1v) is 8.38. The van der Waals surface area contributed by atoms with Crippen molar-refractivity contribution in [1.82, 2.24) is 0 Å². The van der Waals surface area contributed by atoms with Crippen molar-refractivity contribution in [2.75, 3.05) is 13.7 Å². The molecule has 4 nitrogen and oxygen atoms in total. The van der Waals surface area contributed by atoms with Gasteiger partial charge in [0.15, 0.2) is 5.78 Å². The van der Waals surface area contributed by atoms with E-state index in [2.05, 4.69) is 6.58 Å². The van der Waals surface area contributed by atoms with Crippen LogP contribution in [0.2, 0.25) is 0 Å². The minimum atomic E-state index is -0.589. The van der Waals surface area contributed by atoms with Crippen LogP contribution >= 0.6 is 0 Å². The molecule has 0 amide bonds. The van der Waals surface area contributed by atoms with Crippen LogP contribution in [0.1, 0.15) is 24.8 Å². The summed E-state index contributed by atoms with van der Waals surface area (Å²) in [7, 11) is 1.66. The number of methoxy groups -OCH3 is 1.